The summed E-state index contributed by atoms with van der Waals surface area (Å²) in [4.78, 5) is 5.14. The Morgan fingerprint density at radius 2 is 2.10 bits per heavy atom. The van der Waals surface area contributed by atoms with Gasteiger partial charge in [0.1, 0.15) is 0 Å². The van der Waals surface area contributed by atoms with E-state index < -0.39 is 0 Å². The van der Waals surface area contributed by atoms with Crippen molar-refractivity contribution in [2.75, 3.05) is 51.3 Å². The Morgan fingerprint density at radius 3 is 2.86 bits per heavy atom. The molecular weight excluding hydrogens is 330 g/mol. The highest BCUT2D eigenvalue weighted by molar-refractivity contribution is 9.10. The van der Waals surface area contributed by atoms with Crippen LogP contribution in [0.3, 0.4) is 0 Å². The van der Waals surface area contributed by atoms with E-state index in [1.807, 2.05) is 7.05 Å². The molecule has 2 aliphatic heterocycles. The first-order valence-corrected chi connectivity index (χ1v) is 8.57. The fourth-order valence-electron chi connectivity index (χ4n) is 3.37. The summed E-state index contributed by atoms with van der Waals surface area (Å²) in [5.41, 5.74) is 2.75. The van der Waals surface area contributed by atoms with Crippen molar-refractivity contribution < 1.29 is 4.74 Å². The molecular formula is C16H24BrN3O. The van der Waals surface area contributed by atoms with Gasteiger partial charge in [-0.25, -0.2) is 0 Å². The maximum atomic E-state index is 5.47. The molecule has 1 aromatic rings. The van der Waals surface area contributed by atoms with E-state index in [9.17, 15) is 0 Å². The molecule has 2 fully saturated rings. The van der Waals surface area contributed by atoms with Gasteiger partial charge in [0.2, 0.25) is 0 Å². The molecule has 1 unspecified atom stereocenters. The second-order valence-corrected chi connectivity index (χ2v) is 6.76. The van der Waals surface area contributed by atoms with Crippen molar-refractivity contribution in [1.29, 1.82) is 0 Å². The first-order valence-electron chi connectivity index (χ1n) is 7.77. The van der Waals surface area contributed by atoms with Gasteiger partial charge in [-0.2, -0.15) is 0 Å². The van der Waals surface area contributed by atoms with E-state index in [2.05, 4.69) is 49.2 Å². The maximum Gasteiger partial charge on any atom is 0.0594 e. The van der Waals surface area contributed by atoms with Crippen molar-refractivity contribution in [3.8, 4) is 0 Å². The number of nitrogens with one attached hydrogen (secondary N) is 1. The minimum Gasteiger partial charge on any atom is -0.379 e. The predicted octanol–water partition coefficient (Wildman–Crippen LogP) is 2.08. The number of halogens is 1. The average molecular weight is 354 g/mol. The molecule has 0 saturated carbocycles. The summed E-state index contributed by atoms with van der Waals surface area (Å²) < 4.78 is 6.63. The van der Waals surface area contributed by atoms with Gasteiger partial charge in [0.15, 0.2) is 0 Å². The molecule has 0 bridgehead atoms. The molecule has 0 amide bonds. The second-order valence-electron chi connectivity index (χ2n) is 5.84. The van der Waals surface area contributed by atoms with Gasteiger partial charge in [-0.05, 0) is 31.2 Å². The lowest BCUT2D eigenvalue weighted by Gasteiger charge is -2.32. The molecule has 1 aromatic carbocycles. The maximum absolute atomic E-state index is 5.47. The molecule has 2 aliphatic rings. The summed E-state index contributed by atoms with van der Waals surface area (Å²) in [5.74, 6) is 0. The summed E-state index contributed by atoms with van der Waals surface area (Å²) in [6.07, 6.45) is 1.26. The molecule has 5 heteroatoms. The lowest BCUT2D eigenvalue weighted by molar-refractivity contribution is 0.0209. The van der Waals surface area contributed by atoms with Gasteiger partial charge in [0.05, 0.1) is 13.2 Å². The summed E-state index contributed by atoms with van der Waals surface area (Å²) in [5, 5.41) is 3.27. The van der Waals surface area contributed by atoms with E-state index in [0.717, 1.165) is 50.4 Å². The third-order valence-electron chi connectivity index (χ3n) is 4.48. The molecule has 4 nitrogen and oxygen atoms in total. The number of morpholine rings is 1. The summed E-state index contributed by atoms with van der Waals surface area (Å²) in [6.45, 7) is 7.14. The van der Waals surface area contributed by atoms with Gasteiger partial charge >= 0.3 is 0 Å². The number of anilines is 1. The molecule has 0 aromatic heterocycles. The third-order valence-corrected chi connectivity index (χ3v) is 4.97. The van der Waals surface area contributed by atoms with Gasteiger partial charge in [0.25, 0.3) is 0 Å². The molecule has 0 spiro atoms. The Bertz CT molecular complexity index is 477. The predicted molar refractivity (Wildman–Crippen MR) is 89.9 cm³/mol. The first-order chi connectivity index (χ1) is 10.3. The second kappa shape index (κ2) is 7.09. The van der Waals surface area contributed by atoms with Gasteiger partial charge < -0.3 is 15.0 Å². The van der Waals surface area contributed by atoms with Crippen LogP contribution in [0.25, 0.3) is 0 Å². The monoisotopic (exact) mass is 353 g/mol. The SMILES string of the molecule is CNCc1ccc(Br)cc1N1CCC(N2CCOCC2)C1. The number of hydrogen-bond acceptors (Lipinski definition) is 4. The molecule has 0 radical (unpaired) electrons. The Balaban J connectivity index is 1.71. The molecule has 3 rings (SSSR count). The summed E-state index contributed by atoms with van der Waals surface area (Å²) in [7, 11) is 2.01. The zero-order chi connectivity index (χ0) is 14.7. The van der Waals surface area contributed by atoms with E-state index in [0.29, 0.717) is 6.04 Å². The van der Waals surface area contributed by atoms with Crippen molar-refractivity contribution in [3.63, 3.8) is 0 Å². The van der Waals surface area contributed by atoms with Crippen LogP contribution in [0, 0.1) is 0 Å². The molecule has 116 valence electrons. The fraction of sp³-hybridized carbons (Fsp3) is 0.625. The summed E-state index contributed by atoms with van der Waals surface area (Å²) in [6, 6.07) is 7.29. The molecule has 2 saturated heterocycles. The van der Waals surface area contributed by atoms with Crippen LogP contribution in [0.2, 0.25) is 0 Å². The van der Waals surface area contributed by atoms with Crippen LogP contribution in [-0.4, -0.2) is 57.4 Å². The van der Waals surface area contributed by atoms with Crippen LogP contribution in [-0.2, 0) is 11.3 Å². The van der Waals surface area contributed by atoms with Gasteiger partial charge in [-0.1, -0.05) is 22.0 Å². The van der Waals surface area contributed by atoms with Crippen molar-refractivity contribution in [3.05, 3.63) is 28.2 Å². The fourth-order valence-corrected chi connectivity index (χ4v) is 3.72. The van der Waals surface area contributed by atoms with Gasteiger partial charge in [-0.3, -0.25) is 4.90 Å². The molecule has 1 atom stereocenters. The minimum atomic E-state index is 0.676. The van der Waals surface area contributed by atoms with Crippen LogP contribution < -0.4 is 10.2 Å². The van der Waals surface area contributed by atoms with E-state index in [-0.39, 0.29) is 0 Å². The zero-order valence-corrected chi connectivity index (χ0v) is 14.2. The number of benzene rings is 1. The number of ether oxygens (including phenoxy) is 1. The first kappa shape index (κ1) is 15.3. The van der Waals surface area contributed by atoms with E-state index in [1.54, 1.807) is 0 Å². The van der Waals surface area contributed by atoms with Crippen LogP contribution in [0.1, 0.15) is 12.0 Å². The van der Waals surface area contributed by atoms with Crippen LogP contribution in [0.15, 0.2) is 22.7 Å². The van der Waals surface area contributed by atoms with Gasteiger partial charge in [-0.15, -0.1) is 0 Å². The number of hydrogen-bond donors (Lipinski definition) is 1. The lowest BCUT2D eigenvalue weighted by Crippen LogP contribution is -2.44. The average Bonchev–Trinajstić information content (AvgIpc) is 3.00. The highest BCUT2D eigenvalue weighted by Gasteiger charge is 2.29. The molecule has 1 N–H and O–H groups in total. The van der Waals surface area contributed by atoms with E-state index in [4.69, 9.17) is 4.74 Å². The largest absolute Gasteiger partial charge is 0.379 e. The van der Waals surface area contributed by atoms with Crippen molar-refractivity contribution in [2.45, 2.75) is 19.0 Å². The highest BCUT2D eigenvalue weighted by Crippen LogP contribution is 2.29. The van der Waals surface area contributed by atoms with Crippen LogP contribution >= 0.6 is 15.9 Å². The lowest BCUT2D eigenvalue weighted by atomic mass is 10.1. The van der Waals surface area contributed by atoms with Crippen molar-refractivity contribution in [2.24, 2.45) is 0 Å². The molecule has 2 heterocycles. The topological polar surface area (TPSA) is 27.7 Å². The Labute approximate surface area is 135 Å². The standard InChI is InChI=1S/C16H24BrN3O/c1-18-11-13-2-3-14(17)10-16(13)20-5-4-15(12-20)19-6-8-21-9-7-19/h2-3,10,15,18H,4-9,11-12H2,1H3. The van der Waals surface area contributed by atoms with E-state index >= 15 is 0 Å². The van der Waals surface area contributed by atoms with E-state index in [1.165, 1.54) is 17.7 Å². The van der Waals surface area contributed by atoms with Crippen molar-refractivity contribution >= 4 is 21.6 Å². The number of rotatable bonds is 4. The van der Waals surface area contributed by atoms with Crippen LogP contribution in [0.4, 0.5) is 5.69 Å². The Morgan fingerprint density at radius 1 is 1.29 bits per heavy atom. The molecule has 21 heavy (non-hydrogen) atoms. The zero-order valence-electron chi connectivity index (χ0n) is 12.6. The van der Waals surface area contributed by atoms with Gasteiger partial charge in [0, 0.05) is 48.9 Å². The summed E-state index contributed by atoms with van der Waals surface area (Å²) >= 11 is 3.61. The third kappa shape index (κ3) is 3.59. The number of nitrogens with zero attached hydrogens (tertiary/aromatic N) is 2. The smallest absolute Gasteiger partial charge is 0.0594 e. The molecule has 0 aliphatic carbocycles. The quantitative estimate of drug-likeness (QED) is 0.896. The Hall–Kier alpha value is -0.620. The normalized spacial score (nSPS) is 23.7. The van der Waals surface area contributed by atoms with Crippen LogP contribution in [0.5, 0.6) is 0 Å². The minimum absolute atomic E-state index is 0.676. The highest BCUT2D eigenvalue weighted by atomic mass is 79.9. The Kier molecular flexibility index (Phi) is 5.16. The van der Waals surface area contributed by atoms with Crippen molar-refractivity contribution in [1.82, 2.24) is 10.2 Å².